The van der Waals surface area contributed by atoms with Gasteiger partial charge >= 0.3 is 6.18 Å². The summed E-state index contributed by atoms with van der Waals surface area (Å²) in [6.45, 7) is 3.47. The molecule has 2 aromatic rings. The molecule has 164 valence electrons. The molecule has 0 unspecified atom stereocenters. The van der Waals surface area contributed by atoms with Crippen LogP contribution in [0.25, 0.3) is 0 Å². The largest absolute Gasteiger partial charge is 0.490 e. The number of amides is 1. The van der Waals surface area contributed by atoms with Crippen LogP contribution in [0, 0.1) is 0 Å². The van der Waals surface area contributed by atoms with Gasteiger partial charge in [-0.1, -0.05) is 36.4 Å². The van der Waals surface area contributed by atoms with Gasteiger partial charge in [0.1, 0.15) is 6.61 Å². The summed E-state index contributed by atoms with van der Waals surface area (Å²) in [5.74, 6) is 0.622. The molecule has 0 aliphatic rings. The van der Waals surface area contributed by atoms with Crippen molar-refractivity contribution in [3.63, 3.8) is 0 Å². The Hall–Kier alpha value is -2.74. The molecule has 0 heterocycles. The van der Waals surface area contributed by atoms with Crippen LogP contribution >= 0.6 is 0 Å². The smallest absolute Gasteiger partial charge is 0.411 e. The predicted octanol–water partition coefficient (Wildman–Crippen LogP) is 4.46. The molecule has 1 atom stereocenters. The molecule has 0 aromatic heterocycles. The number of hydrogen-bond acceptors (Lipinski definition) is 4. The molecule has 2 aromatic carbocycles. The molecule has 1 amide bonds. The van der Waals surface area contributed by atoms with Crippen LogP contribution in [0.15, 0.2) is 48.5 Å². The van der Waals surface area contributed by atoms with Gasteiger partial charge in [0.05, 0.1) is 13.2 Å². The first-order valence-electron chi connectivity index (χ1n) is 9.73. The first-order chi connectivity index (χ1) is 14.3. The van der Waals surface area contributed by atoms with Crippen molar-refractivity contribution in [1.82, 2.24) is 5.32 Å². The van der Waals surface area contributed by atoms with E-state index < -0.39 is 24.8 Å². The summed E-state index contributed by atoms with van der Waals surface area (Å²) >= 11 is 0. The van der Waals surface area contributed by atoms with Crippen molar-refractivity contribution in [2.24, 2.45) is 0 Å². The minimum atomic E-state index is -4.52. The van der Waals surface area contributed by atoms with Crippen LogP contribution in [0.2, 0.25) is 0 Å². The van der Waals surface area contributed by atoms with E-state index in [-0.39, 0.29) is 6.54 Å². The maximum absolute atomic E-state index is 12.6. The van der Waals surface area contributed by atoms with E-state index in [9.17, 15) is 18.0 Å². The fraction of sp³-hybridized carbons (Fsp3) is 0.409. The van der Waals surface area contributed by atoms with E-state index in [4.69, 9.17) is 14.2 Å². The number of benzene rings is 2. The molecule has 0 spiro atoms. The van der Waals surface area contributed by atoms with Gasteiger partial charge in [0.15, 0.2) is 17.6 Å². The van der Waals surface area contributed by atoms with Crippen LogP contribution in [-0.2, 0) is 16.0 Å². The van der Waals surface area contributed by atoms with E-state index in [2.05, 4.69) is 5.32 Å². The first kappa shape index (κ1) is 23.5. The Morgan fingerprint density at radius 1 is 1.00 bits per heavy atom. The van der Waals surface area contributed by atoms with Crippen molar-refractivity contribution >= 4 is 5.91 Å². The number of nitrogens with one attached hydrogen (secondary N) is 1. The maximum atomic E-state index is 12.6. The second-order valence-corrected chi connectivity index (χ2v) is 6.41. The van der Waals surface area contributed by atoms with Crippen LogP contribution in [0.1, 0.15) is 31.1 Å². The molecule has 0 fully saturated rings. The summed E-state index contributed by atoms with van der Waals surface area (Å²) in [5, 5.41) is 2.65. The lowest BCUT2D eigenvalue weighted by Crippen LogP contribution is -2.34. The molecular formula is C22H26F3NO4. The Morgan fingerprint density at radius 3 is 2.30 bits per heavy atom. The van der Waals surface area contributed by atoms with Gasteiger partial charge in [0.25, 0.3) is 5.91 Å². The highest BCUT2D eigenvalue weighted by molar-refractivity contribution is 5.82. The molecule has 0 bridgehead atoms. The van der Waals surface area contributed by atoms with Gasteiger partial charge in [-0.05, 0) is 43.5 Å². The van der Waals surface area contributed by atoms with E-state index in [1.165, 1.54) is 0 Å². The summed E-state index contributed by atoms with van der Waals surface area (Å²) in [6, 6.07) is 13.6. The minimum absolute atomic E-state index is 0.233. The molecule has 5 nitrogen and oxygen atoms in total. The Labute approximate surface area is 174 Å². The maximum Gasteiger partial charge on any atom is 0.411 e. The van der Waals surface area contributed by atoms with Crippen molar-refractivity contribution in [3.8, 4) is 11.5 Å². The number of hydrogen-bond donors (Lipinski definition) is 1. The number of halogens is 3. The van der Waals surface area contributed by atoms with Crippen molar-refractivity contribution in [2.75, 3.05) is 26.4 Å². The minimum Gasteiger partial charge on any atom is -0.490 e. The third kappa shape index (κ3) is 7.59. The summed E-state index contributed by atoms with van der Waals surface area (Å²) < 4.78 is 53.7. The summed E-state index contributed by atoms with van der Waals surface area (Å²) in [7, 11) is 0. The fourth-order valence-corrected chi connectivity index (χ4v) is 2.80. The Kier molecular flexibility index (Phi) is 8.98. The van der Waals surface area contributed by atoms with E-state index in [0.29, 0.717) is 36.7 Å². The molecule has 1 N–H and O–H groups in total. The Morgan fingerprint density at radius 2 is 1.67 bits per heavy atom. The van der Waals surface area contributed by atoms with Gasteiger partial charge in [-0.15, -0.1) is 0 Å². The average Bonchev–Trinajstić information content (AvgIpc) is 2.70. The number of carbonyl (C=O) groups is 1. The number of rotatable bonds is 11. The normalized spacial score (nSPS) is 12.3. The van der Waals surface area contributed by atoms with E-state index in [1.807, 2.05) is 26.0 Å². The van der Waals surface area contributed by atoms with Gasteiger partial charge < -0.3 is 19.5 Å². The Bertz CT molecular complexity index is 797. The van der Waals surface area contributed by atoms with Crippen molar-refractivity contribution in [2.45, 2.75) is 32.5 Å². The van der Waals surface area contributed by atoms with Crippen LogP contribution in [0.5, 0.6) is 11.5 Å². The third-order valence-corrected chi connectivity index (χ3v) is 4.07. The predicted molar refractivity (Wildman–Crippen MR) is 107 cm³/mol. The standard InChI is InChI=1S/C22H26F3NO4/c1-3-28-18-11-10-16(14-19(18)29-4-2)12-13-26-21(27)20(30-15-22(23,24)25)17-8-6-5-7-9-17/h5-11,14,20H,3-4,12-13,15H2,1-2H3,(H,26,27)/t20-/m0/s1. The lowest BCUT2D eigenvalue weighted by atomic mass is 10.1. The summed E-state index contributed by atoms with van der Waals surface area (Å²) in [5.41, 5.74) is 1.26. The van der Waals surface area contributed by atoms with Crippen LogP contribution in [-0.4, -0.2) is 38.4 Å². The van der Waals surface area contributed by atoms with Gasteiger partial charge in [0.2, 0.25) is 0 Å². The quantitative estimate of drug-likeness (QED) is 0.578. The number of ether oxygens (including phenoxy) is 3. The molecule has 0 aliphatic heterocycles. The van der Waals surface area contributed by atoms with Gasteiger partial charge in [0, 0.05) is 6.54 Å². The van der Waals surface area contributed by atoms with Crippen molar-refractivity contribution < 1.29 is 32.2 Å². The van der Waals surface area contributed by atoms with E-state index >= 15 is 0 Å². The van der Waals surface area contributed by atoms with Gasteiger partial charge in [-0.3, -0.25) is 4.79 Å². The van der Waals surface area contributed by atoms with Crippen LogP contribution < -0.4 is 14.8 Å². The number of alkyl halides is 3. The lowest BCUT2D eigenvalue weighted by molar-refractivity contribution is -0.188. The highest BCUT2D eigenvalue weighted by Crippen LogP contribution is 2.29. The molecular weight excluding hydrogens is 399 g/mol. The van der Waals surface area contributed by atoms with Crippen molar-refractivity contribution in [3.05, 3.63) is 59.7 Å². The SMILES string of the molecule is CCOc1ccc(CCNC(=O)[C@@H](OCC(F)(F)F)c2ccccc2)cc1OCC. The monoisotopic (exact) mass is 425 g/mol. The molecule has 2 rings (SSSR count). The second-order valence-electron chi connectivity index (χ2n) is 6.41. The zero-order valence-corrected chi connectivity index (χ0v) is 17.0. The molecule has 0 aliphatic carbocycles. The fourth-order valence-electron chi connectivity index (χ4n) is 2.80. The molecule has 30 heavy (non-hydrogen) atoms. The van der Waals surface area contributed by atoms with E-state index in [1.54, 1.807) is 36.4 Å². The summed E-state index contributed by atoms with van der Waals surface area (Å²) in [6.07, 6.45) is -5.39. The van der Waals surface area contributed by atoms with Crippen LogP contribution in [0.4, 0.5) is 13.2 Å². The topological polar surface area (TPSA) is 56.8 Å². The Balaban J connectivity index is 2.00. The highest BCUT2D eigenvalue weighted by Gasteiger charge is 2.32. The summed E-state index contributed by atoms with van der Waals surface area (Å²) in [4.78, 5) is 12.5. The molecule has 0 saturated carbocycles. The van der Waals surface area contributed by atoms with Crippen molar-refractivity contribution in [1.29, 1.82) is 0 Å². The first-order valence-corrected chi connectivity index (χ1v) is 9.73. The lowest BCUT2D eigenvalue weighted by Gasteiger charge is -2.19. The van der Waals surface area contributed by atoms with Gasteiger partial charge in [-0.2, -0.15) is 13.2 Å². The molecule has 0 radical (unpaired) electrons. The van der Waals surface area contributed by atoms with Crippen LogP contribution in [0.3, 0.4) is 0 Å². The average molecular weight is 425 g/mol. The zero-order valence-electron chi connectivity index (χ0n) is 17.0. The zero-order chi connectivity index (χ0) is 22.0. The third-order valence-electron chi connectivity index (χ3n) is 4.07. The molecule has 0 saturated heterocycles. The van der Waals surface area contributed by atoms with Gasteiger partial charge in [-0.25, -0.2) is 0 Å². The van der Waals surface area contributed by atoms with E-state index in [0.717, 1.165) is 5.56 Å². The highest BCUT2D eigenvalue weighted by atomic mass is 19.4. The second kappa shape index (κ2) is 11.4. The molecule has 8 heteroatoms. The number of carbonyl (C=O) groups excluding carboxylic acids is 1.